The van der Waals surface area contributed by atoms with Crippen molar-refractivity contribution in [1.82, 2.24) is 0 Å². The second-order valence-electron chi connectivity index (χ2n) is 8.59. The van der Waals surface area contributed by atoms with Crippen LogP contribution in [0, 0.1) is 23.2 Å². The summed E-state index contributed by atoms with van der Waals surface area (Å²) in [6.45, 7) is 13.5. The lowest BCUT2D eigenvalue weighted by Crippen LogP contribution is -2.61. The van der Waals surface area contributed by atoms with Gasteiger partial charge >= 0.3 is 11.9 Å². The van der Waals surface area contributed by atoms with Crippen LogP contribution in [0.3, 0.4) is 0 Å². The van der Waals surface area contributed by atoms with Crippen LogP contribution in [-0.4, -0.2) is 46.6 Å². The lowest BCUT2D eigenvalue weighted by molar-refractivity contribution is -0.196. The van der Waals surface area contributed by atoms with Gasteiger partial charge in [-0.2, -0.15) is 0 Å². The monoisotopic (exact) mass is 364 g/mol. The van der Waals surface area contributed by atoms with Crippen LogP contribution >= 0.6 is 0 Å². The summed E-state index contributed by atoms with van der Waals surface area (Å²) in [6.07, 6.45) is -2.46. The Morgan fingerprint density at radius 1 is 1.38 bits per heavy atom. The highest BCUT2D eigenvalue weighted by molar-refractivity contribution is 5.90. The number of rotatable bonds is 3. The molecular formula is C20H28O6. The minimum atomic E-state index is -1.14. The molecule has 26 heavy (non-hydrogen) atoms. The molecule has 1 heterocycles. The van der Waals surface area contributed by atoms with Crippen molar-refractivity contribution in [2.24, 2.45) is 23.2 Å². The summed E-state index contributed by atoms with van der Waals surface area (Å²) < 4.78 is 10.9. The van der Waals surface area contributed by atoms with Crippen molar-refractivity contribution in [3.63, 3.8) is 0 Å². The van der Waals surface area contributed by atoms with Crippen molar-refractivity contribution in [3.8, 4) is 0 Å². The van der Waals surface area contributed by atoms with E-state index in [2.05, 4.69) is 13.2 Å². The van der Waals surface area contributed by atoms with Crippen LogP contribution in [0.5, 0.6) is 0 Å². The Morgan fingerprint density at radius 3 is 2.65 bits per heavy atom. The number of hydrogen-bond donors (Lipinski definition) is 2. The predicted octanol–water partition coefficient (Wildman–Crippen LogP) is 1.75. The summed E-state index contributed by atoms with van der Waals surface area (Å²) in [6, 6.07) is 0. The first kappa shape index (κ1) is 19.1. The summed E-state index contributed by atoms with van der Waals surface area (Å²) >= 11 is 0. The summed E-state index contributed by atoms with van der Waals surface area (Å²) in [4.78, 5) is 24.0. The zero-order valence-corrected chi connectivity index (χ0v) is 15.6. The predicted molar refractivity (Wildman–Crippen MR) is 93.8 cm³/mol. The molecule has 0 aromatic rings. The molecule has 0 aromatic heterocycles. The van der Waals surface area contributed by atoms with Crippen molar-refractivity contribution in [2.45, 2.75) is 64.4 Å². The van der Waals surface area contributed by atoms with E-state index in [0.29, 0.717) is 24.0 Å². The zero-order chi connectivity index (χ0) is 19.4. The molecule has 2 saturated carbocycles. The molecule has 1 aliphatic heterocycles. The van der Waals surface area contributed by atoms with Gasteiger partial charge in [-0.25, -0.2) is 4.79 Å². The number of aliphatic hydroxyl groups excluding tert-OH is 2. The lowest BCUT2D eigenvalue weighted by Gasteiger charge is -2.55. The maximum atomic E-state index is 12.1. The topological polar surface area (TPSA) is 93.1 Å². The van der Waals surface area contributed by atoms with Gasteiger partial charge in [0.25, 0.3) is 0 Å². The molecule has 6 heteroatoms. The molecule has 0 radical (unpaired) electrons. The van der Waals surface area contributed by atoms with Crippen molar-refractivity contribution in [2.75, 3.05) is 0 Å². The van der Waals surface area contributed by atoms with Crippen LogP contribution in [0.25, 0.3) is 0 Å². The zero-order valence-electron chi connectivity index (χ0n) is 15.6. The van der Waals surface area contributed by atoms with Crippen LogP contribution in [0.15, 0.2) is 24.3 Å². The molecule has 3 aliphatic rings. The minimum absolute atomic E-state index is 0.117. The Morgan fingerprint density at radius 2 is 2.04 bits per heavy atom. The Labute approximate surface area is 153 Å². The molecule has 7 unspecified atom stereocenters. The molecule has 3 fully saturated rings. The van der Waals surface area contributed by atoms with Crippen LogP contribution in [-0.2, 0) is 19.1 Å². The van der Waals surface area contributed by atoms with Crippen LogP contribution in [0.1, 0.15) is 40.0 Å². The highest BCUT2D eigenvalue weighted by Gasteiger charge is 2.61. The number of fused-ring (bicyclic) bond motifs is 2. The maximum Gasteiger partial charge on any atom is 0.334 e. The van der Waals surface area contributed by atoms with Gasteiger partial charge < -0.3 is 19.7 Å². The van der Waals surface area contributed by atoms with Crippen molar-refractivity contribution in [1.29, 1.82) is 0 Å². The number of aliphatic hydroxyl groups is 2. The van der Waals surface area contributed by atoms with Crippen molar-refractivity contribution < 1.29 is 29.3 Å². The molecular weight excluding hydrogens is 336 g/mol. The number of esters is 2. The minimum Gasteiger partial charge on any atom is -0.458 e. The number of carbonyl (C=O) groups is 2. The van der Waals surface area contributed by atoms with E-state index in [1.807, 2.05) is 20.8 Å². The third-order valence-electron chi connectivity index (χ3n) is 6.31. The van der Waals surface area contributed by atoms with E-state index in [1.54, 1.807) is 0 Å². The molecule has 2 N–H and O–H groups in total. The summed E-state index contributed by atoms with van der Waals surface area (Å²) in [5.41, 5.74) is 0.274. The van der Waals surface area contributed by atoms with Crippen LogP contribution in [0.4, 0.5) is 0 Å². The first-order chi connectivity index (χ1) is 12.1. The van der Waals surface area contributed by atoms with Gasteiger partial charge in [-0.15, -0.1) is 0 Å². The molecule has 7 atom stereocenters. The van der Waals surface area contributed by atoms with Gasteiger partial charge in [-0.3, -0.25) is 4.79 Å². The lowest BCUT2D eigenvalue weighted by atomic mass is 9.53. The average molecular weight is 364 g/mol. The fourth-order valence-electron chi connectivity index (χ4n) is 4.78. The first-order valence-corrected chi connectivity index (χ1v) is 9.20. The molecule has 1 saturated heterocycles. The molecule has 0 spiro atoms. The van der Waals surface area contributed by atoms with Gasteiger partial charge in [0.1, 0.15) is 12.2 Å². The summed E-state index contributed by atoms with van der Waals surface area (Å²) in [5.74, 6) is -1.07. The molecule has 2 aliphatic carbocycles. The fraction of sp³-hybridized carbons (Fsp3) is 0.700. The highest BCUT2D eigenvalue weighted by Crippen LogP contribution is 2.57. The molecule has 0 bridgehead atoms. The molecule has 144 valence electrons. The van der Waals surface area contributed by atoms with E-state index in [4.69, 9.17) is 9.47 Å². The summed E-state index contributed by atoms with van der Waals surface area (Å²) in [5, 5.41) is 21.7. The SMILES string of the molecule is C=C1C(=O)OC2CC3(C)C(CC12)C(=C)C(O)C(OC(=O)CC(C)C)C3O. The molecule has 0 aromatic carbocycles. The number of carbonyl (C=O) groups excluding carboxylic acids is 2. The van der Waals surface area contributed by atoms with E-state index in [1.165, 1.54) is 0 Å². The third-order valence-corrected chi connectivity index (χ3v) is 6.31. The van der Waals surface area contributed by atoms with E-state index >= 15 is 0 Å². The molecule has 0 amide bonds. The van der Waals surface area contributed by atoms with Gasteiger partial charge in [0.15, 0.2) is 6.10 Å². The van der Waals surface area contributed by atoms with Gasteiger partial charge in [-0.05, 0) is 30.3 Å². The van der Waals surface area contributed by atoms with Gasteiger partial charge in [0.2, 0.25) is 0 Å². The number of ether oxygens (including phenoxy) is 2. The fourth-order valence-corrected chi connectivity index (χ4v) is 4.78. The number of hydrogen-bond acceptors (Lipinski definition) is 6. The highest BCUT2D eigenvalue weighted by atomic mass is 16.6. The quantitative estimate of drug-likeness (QED) is 0.450. The Hall–Kier alpha value is -1.66. The normalized spacial score (nSPS) is 42.3. The van der Waals surface area contributed by atoms with Gasteiger partial charge in [0, 0.05) is 23.3 Å². The first-order valence-electron chi connectivity index (χ1n) is 9.20. The Kier molecular flexibility index (Phi) is 4.78. The second kappa shape index (κ2) is 6.50. The summed E-state index contributed by atoms with van der Waals surface area (Å²) in [7, 11) is 0. The second-order valence-corrected chi connectivity index (χ2v) is 8.59. The maximum absolute atomic E-state index is 12.1. The van der Waals surface area contributed by atoms with Gasteiger partial charge in [-0.1, -0.05) is 33.9 Å². The van der Waals surface area contributed by atoms with Crippen molar-refractivity contribution >= 4 is 11.9 Å². The molecule has 6 nitrogen and oxygen atoms in total. The third kappa shape index (κ3) is 2.89. The van der Waals surface area contributed by atoms with Crippen LogP contribution in [0.2, 0.25) is 0 Å². The van der Waals surface area contributed by atoms with E-state index in [0.717, 1.165) is 0 Å². The largest absolute Gasteiger partial charge is 0.458 e. The smallest absolute Gasteiger partial charge is 0.334 e. The average Bonchev–Trinajstić information content (AvgIpc) is 2.81. The van der Waals surface area contributed by atoms with E-state index in [-0.39, 0.29) is 30.3 Å². The van der Waals surface area contributed by atoms with Gasteiger partial charge in [0.05, 0.1) is 6.10 Å². The van der Waals surface area contributed by atoms with E-state index in [9.17, 15) is 19.8 Å². The van der Waals surface area contributed by atoms with Crippen LogP contribution < -0.4 is 0 Å². The molecule has 3 rings (SSSR count). The van der Waals surface area contributed by atoms with E-state index < -0.39 is 35.7 Å². The Bertz CT molecular complexity index is 653. The standard InChI is InChI=1S/C20H28O6/c1-9(2)6-15(21)26-17-16(22)11(4)13-7-12-10(3)19(24)25-14(12)8-20(13,5)18(17)23/h9,12-14,16-18,22-23H,3-4,6-8H2,1-2,5H3. The van der Waals surface area contributed by atoms with Crippen molar-refractivity contribution in [3.05, 3.63) is 24.3 Å². The Balaban J connectivity index is 1.85.